The van der Waals surface area contributed by atoms with Gasteiger partial charge in [0.15, 0.2) is 0 Å². The predicted octanol–water partition coefficient (Wildman–Crippen LogP) is -1.66. The van der Waals surface area contributed by atoms with Crippen molar-refractivity contribution in [3.05, 3.63) is 0 Å². The lowest BCUT2D eigenvalue weighted by Crippen LogP contribution is -3.09. The van der Waals surface area contributed by atoms with Crippen LogP contribution in [0.15, 0.2) is 0 Å². The molecule has 3 N–H and O–H groups in total. The molecule has 0 aromatic heterocycles. The molecule has 0 saturated carbocycles. The summed E-state index contributed by atoms with van der Waals surface area (Å²) in [5.41, 5.74) is 0. The highest BCUT2D eigenvalue weighted by molar-refractivity contribution is 4.14. The van der Waals surface area contributed by atoms with E-state index in [-0.39, 0.29) is 5.48 Å². The van der Waals surface area contributed by atoms with E-state index in [2.05, 4.69) is 14.0 Å². The summed E-state index contributed by atoms with van der Waals surface area (Å²) in [7, 11) is 2.07. The number of aliphatic hydroxyl groups is 1. The van der Waals surface area contributed by atoms with Crippen molar-refractivity contribution in [3.8, 4) is 0 Å². The van der Waals surface area contributed by atoms with E-state index in [0.29, 0.717) is 6.61 Å². The van der Waals surface area contributed by atoms with Crippen LogP contribution in [0.25, 0.3) is 0 Å². The molecule has 0 aliphatic heterocycles. The first-order valence-electron chi connectivity index (χ1n) is 2.73. The van der Waals surface area contributed by atoms with Crippen LogP contribution in [0.3, 0.4) is 0 Å². The fraction of sp³-hybridized carbons (Fsp3) is 1.00. The highest BCUT2D eigenvalue weighted by Gasteiger charge is 1.91. The smallest absolute Gasteiger partial charge is 0.100 e. The second-order valence-corrected chi connectivity index (χ2v) is 1.78. The fourth-order valence-electron chi connectivity index (χ4n) is 0.368. The van der Waals surface area contributed by atoms with E-state index < -0.39 is 0 Å². The fourth-order valence-corrected chi connectivity index (χ4v) is 0.368. The summed E-state index contributed by atoms with van der Waals surface area (Å²) in [6.45, 7) is 4.38. The zero-order valence-electron chi connectivity index (χ0n) is 5.52. The van der Waals surface area contributed by atoms with Crippen LogP contribution in [0.1, 0.15) is 6.92 Å². The summed E-state index contributed by atoms with van der Waals surface area (Å²) in [4.78, 5) is 1.38. The third kappa shape index (κ3) is 5.88. The van der Waals surface area contributed by atoms with E-state index in [4.69, 9.17) is 5.11 Å². The molecule has 52 valence electrons. The number of rotatable bonds is 3. The molecule has 0 aliphatic rings. The first-order valence-corrected chi connectivity index (χ1v) is 2.73. The SMILES string of the molecule is CC[NH+](C)CCO.[OH-]. The lowest BCUT2D eigenvalue weighted by molar-refractivity contribution is -0.878. The molecule has 0 amide bonds. The van der Waals surface area contributed by atoms with Gasteiger partial charge in [0, 0.05) is 0 Å². The zero-order chi connectivity index (χ0) is 5.70. The Morgan fingerprint density at radius 1 is 1.50 bits per heavy atom. The van der Waals surface area contributed by atoms with Gasteiger partial charge in [-0.3, -0.25) is 0 Å². The molecular formula is C5H15NO2. The Balaban J connectivity index is 0. The Morgan fingerprint density at radius 3 is 2.12 bits per heavy atom. The number of likely N-dealkylation sites (N-methyl/N-ethyl adjacent to an activating group) is 1. The lowest BCUT2D eigenvalue weighted by Gasteiger charge is -2.06. The summed E-state index contributed by atoms with van der Waals surface area (Å²) in [5, 5.41) is 8.35. The summed E-state index contributed by atoms with van der Waals surface area (Å²) in [6, 6.07) is 0. The van der Waals surface area contributed by atoms with Crippen molar-refractivity contribution in [2.24, 2.45) is 0 Å². The van der Waals surface area contributed by atoms with Crippen molar-refractivity contribution in [1.82, 2.24) is 0 Å². The maximum absolute atomic E-state index is 8.35. The second-order valence-electron chi connectivity index (χ2n) is 1.78. The third-order valence-corrected chi connectivity index (χ3v) is 1.14. The molecule has 0 bridgehead atoms. The van der Waals surface area contributed by atoms with Gasteiger partial charge < -0.3 is 15.5 Å². The molecule has 1 unspecified atom stereocenters. The van der Waals surface area contributed by atoms with Crippen LogP contribution < -0.4 is 4.90 Å². The van der Waals surface area contributed by atoms with Gasteiger partial charge in [-0.05, 0) is 6.92 Å². The van der Waals surface area contributed by atoms with Crippen molar-refractivity contribution in [2.75, 3.05) is 26.7 Å². The maximum Gasteiger partial charge on any atom is 0.100 e. The highest BCUT2D eigenvalue weighted by atomic mass is 16.3. The molecule has 0 fully saturated rings. The van der Waals surface area contributed by atoms with E-state index >= 15 is 0 Å². The second kappa shape index (κ2) is 6.88. The van der Waals surface area contributed by atoms with Crippen molar-refractivity contribution in [1.29, 1.82) is 0 Å². The maximum atomic E-state index is 8.35. The van der Waals surface area contributed by atoms with Crippen molar-refractivity contribution in [2.45, 2.75) is 6.92 Å². The third-order valence-electron chi connectivity index (χ3n) is 1.14. The van der Waals surface area contributed by atoms with E-state index in [0.717, 1.165) is 13.1 Å². The average Bonchev–Trinajstić information content (AvgIpc) is 1.68. The number of aliphatic hydroxyl groups excluding tert-OH is 1. The number of nitrogens with one attached hydrogen (secondary N) is 1. The Labute approximate surface area is 50.2 Å². The molecule has 0 heterocycles. The monoisotopic (exact) mass is 121 g/mol. The summed E-state index contributed by atoms with van der Waals surface area (Å²) in [6.07, 6.45) is 0. The summed E-state index contributed by atoms with van der Waals surface area (Å²) >= 11 is 0. The molecule has 8 heavy (non-hydrogen) atoms. The molecule has 0 radical (unpaired) electrons. The Kier molecular flexibility index (Phi) is 9.28. The van der Waals surface area contributed by atoms with Gasteiger partial charge in [0.05, 0.1) is 20.2 Å². The molecule has 0 saturated heterocycles. The minimum Gasteiger partial charge on any atom is -0.870 e. The van der Waals surface area contributed by atoms with Gasteiger partial charge in [0.1, 0.15) is 6.54 Å². The Hall–Kier alpha value is -0.120. The van der Waals surface area contributed by atoms with Gasteiger partial charge in [-0.1, -0.05) is 0 Å². The van der Waals surface area contributed by atoms with Gasteiger partial charge in [0.25, 0.3) is 0 Å². The molecule has 0 rings (SSSR count). The van der Waals surface area contributed by atoms with E-state index in [1.807, 2.05) is 0 Å². The summed E-state index contributed by atoms with van der Waals surface area (Å²) in [5.74, 6) is 0. The molecule has 3 heteroatoms. The predicted molar refractivity (Wildman–Crippen MR) is 31.3 cm³/mol. The minimum atomic E-state index is 0. The Morgan fingerprint density at radius 2 is 2.00 bits per heavy atom. The van der Waals surface area contributed by atoms with Crippen LogP contribution in [-0.4, -0.2) is 37.3 Å². The first kappa shape index (κ1) is 10.8. The average molecular weight is 121 g/mol. The molecule has 3 nitrogen and oxygen atoms in total. The Bertz CT molecular complexity index is 41.4. The minimum absolute atomic E-state index is 0. The van der Waals surface area contributed by atoms with Crippen LogP contribution in [0.5, 0.6) is 0 Å². The van der Waals surface area contributed by atoms with Gasteiger partial charge in [-0.25, -0.2) is 0 Å². The van der Waals surface area contributed by atoms with Gasteiger partial charge in [-0.15, -0.1) is 0 Å². The van der Waals surface area contributed by atoms with Crippen LogP contribution in [0.2, 0.25) is 0 Å². The molecule has 1 atom stereocenters. The van der Waals surface area contributed by atoms with Crippen molar-refractivity contribution >= 4 is 0 Å². The van der Waals surface area contributed by atoms with Gasteiger partial charge in [0.2, 0.25) is 0 Å². The topological polar surface area (TPSA) is 54.7 Å². The number of hydrogen-bond acceptors (Lipinski definition) is 2. The standard InChI is InChI=1S/C5H13NO.H2O/c1-3-6(2)4-5-7;/h7H,3-5H2,1-2H3;1H2. The zero-order valence-corrected chi connectivity index (χ0v) is 5.52. The molecule has 0 aliphatic carbocycles. The molecule has 0 spiro atoms. The molecular weight excluding hydrogens is 106 g/mol. The van der Waals surface area contributed by atoms with Crippen LogP contribution >= 0.6 is 0 Å². The lowest BCUT2D eigenvalue weighted by atomic mass is 10.6. The molecule has 0 aromatic rings. The van der Waals surface area contributed by atoms with Crippen LogP contribution in [-0.2, 0) is 0 Å². The first-order chi connectivity index (χ1) is 3.31. The van der Waals surface area contributed by atoms with Crippen LogP contribution in [0.4, 0.5) is 0 Å². The normalized spacial score (nSPS) is 12.4. The number of hydrogen-bond donors (Lipinski definition) is 2. The van der Waals surface area contributed by atoms with Gasteiger partial charge in [-0.2, -0.15) is 0 Å². The summed E-state index contributed by atoms with van der Waals surface area (Å²) < 4.78 is 0. The van der Waals surface area contributed by atoms with Crippen molar-refractivity contribution < 1.29 is 15.5 Å². The van der Waals surface area contributed by atoms with Gasteiger partial charge >= 0.3 is 0 Å². The van der Waals surface area contributed by atoms with E-state index in [1.54, 1.807) is 0 Å². The molecule has 0 aromatic carbocycles. The number of quaternary nitrogens is 1. The van der Waals surface area contributed by atoms with Crippen molar-refractivity contribution in [3.63, 3.8) is 0 Å². The van der Waals surface area contributed by atoms with E-state index in [1.165, 1.54) is 4.90 Å². The highest BCUT2D eigenvalue weighted by Crippen LogP contribution is 1.42. The quantitative estimate of drug-likeness (QED) is 0.469. The van der Waals surface area contributed by atoms with Crippen LogP contribution in [0, 0.1) is 0 Å². The van der Waals surface area contributed by atoms with E-state index in [9.17, 15) is 0 Å². The largest absolute Gasteiger partial charge is 0.870 e.